The predicted octanol–water partition coefficient (Wildman–Crippen LogP) is 5.09. The Morgan fingerprint density at radius 1 is 1.00 bits per heavy atom. The number of aromatic amines is 1. The van der Waals surface area contributed by atoms with E-state index in [4.69, 9.17) is 4.74 Å². The van der Waals surface area contributed by atoms with Crippen LogP contribution in [0.3, 0.4) is 0 Å². The first-order chi connectivity index (χ1) is 24.7. The van der Waals surface area contributed by atoms with Gasteiger partial charge < -0.3 is 14.5 Å². The summed E-state index contributed by atoms with van der Waals surface area (Å²) in [5, 5.41) is 12.0. The molecule has 1 unspecified atom stereocenters. The van der Waals surface area contributed by atoms with Gasteiger partial charge in [-0.15, -0.1) is 0 Å². The normalized spacial score (nSPS) is 19.5. The maximum absolute atomic E-state index is 16.3. The molecule has 1 atom stereocenters. The summed E-state index contributed by atoms with van der Waals surface area (Å²) in [6.45, 7) is 6.85. The standard InChI is InChI=1S/C38H40FN9O3/c1-24(2)51-31-11-8-28(20-40-31)35-33-29(42-43-35)9-10-30(34(33)39)48-19-15-38(37(48)50)14-18-46(22-38)21-32(49)47-16-12-26(13-17-47)25-4-6-27(7-5-25)36-41-23-45(3)44-36/h4-12,20,23-24H,13-19,21-22H2,1-3H3,(H,42,43). The summed E-state index contributed by atoms with van der Waals surface area (Å²) in [5.41, 5.74) is 4.53. The van der Waals surface area contributed by atoms with Crippen molar-refractivity contribution in [3.8, 4) is 28.5 Å². The van der Waals surface area contributed by atoms with Crippen LogP contribution in [0, 0.1) is 11.2 Å². The van der Waals surface area contributed by atoms with E-state index in [1.54, 1.807) is 46.4 Å². The lowest BCUT2D eigenvalue weighted by molar-refractivity contribution is -0.132. The van der Waals surface area contributed by atoms with Gasteiger partial charge in [0.1, 0.15) is 12.0 Å². The summed E-state index contributed by atoms with van der Waals surface area (Å²) < 4.78 is 23.6. The van der Waals surface area contributed by atoms with Gasteiger partial charge in [-0.2, -0.15) is 10.2 Å². The number of H-pyrrole nitrogens is 1. The number of nitrogens with one attached hydrogen (secondary N) is 1. The Balaban J connectivity index is 0.906. The molecule has 3 aliphatic rings. The Hall–Kier alpha value is -5.43. The fourth-order valence-corrected chi connectivity index (χ4v) is 7.59. The lowest BCUT2D eigenvalue weighted by atomic mass is 9.85. The molecule has 5 aromatic rings. The number of aryl methyl sites for hydroxylation is 1. The average molecular weight is 690 g/mol. The molecular weight excluding hydrogens is 649 g/mol. The van der Waals surface area contributed by atoms with Crippen molar-refractivity contribution in [2.75, 3.05) is 44.2 Å². The van der Waals surface area contributed by atoms with Gasteiger partial charge in [-0.3, -0.25) is 24.3 Å². The van der Waals surface area contributed by atoms with Gasteiger partial charge in [-0.25, -0.2) is 14.4 Å². The second-order valence-electron chi connectivity index (χ2n) is 14.0. The molecule has 1 spiro atoms. The highest BCUT2D eigenvalue weighted by Crippen LogP contribution is 2.44. The minimum absolute atomic E-state index is 0.0171. The largest absolute Gasteiger partial charge is 0.475 e. The molecule has 2 amide bonds. The second-order valence-corrected chi connectivity index (χ2v) is 14.0. The fourth-order valence-electron chi connectivity index (χ4n) is 7.59. The molecule has 6 heterocycles. The number of pyridine rings is 1. The lowest BCUT2D eigenvalue weighted by Gasteiger charge is -2.29. The maximum Gasteiger partial charge on any atom is 0.237 e. The van der Waals surface area contributed by atoms with Gasteiger partial charge in [0.25, 0.3) is 0 Å². The number of amides is 2. The number of fused-ring (bicyclic) bond motifs is 1. The van der Waals surface area contributed by atoms with Crippen LogP contribution in [-0.4, -0.2) is 96.9 Å². The van der Waals surface area contributed by atoms with Crippen LogP contribution in [0.5, 0.6) is 5.88 Å². The van der Waals surface area contributed by atoms with Crippen molar-refractivity contribution in [2.24, 2.45) is 12.5 Å². The topological polar surface area (TPSA) is 125 Å². The lowest BCUT2D eigenvalue weighted by Crippen LogP contribution is -2.43. The SMILES string of the molecule is CC(C)Oc1ccc(-c2n[nH]c3ccc(N4CCC5(CCN(CC(=O)N6CC=C(c7ccc(-c8ncn(C)n8)cc7)CC6)C5)C4=O)c(F)c23)cn1. The summed E-state index contributed by atoms with van der Waals surface area (Å²) in [5.74, 6) is 0.651. The zero-order valence-electron chi connectivity index (χ0n) is 29.0. The van der Waals surface area contributed by atoms with Crippen LogP contribution in [0.1, 0.15) is 38.7 Å². The van der Waals surface area contributed by atoms with Crippen molar-refractivity contribution < 1.29 is 18.7 Å². The van der Waals surface area contributed by atoms with E-state index in [0.29, 0.717) is 79.4 Å². The maximum atomic E-state index is 16.3. The molecule has 0 bridgehead atoms. The Kier molecular flexibility index (Phi) is 8.37. The summed E-state index contributed by atoms with van der Waals surface area (Å²) >= 11 is 0. The number of likely N-dealkylation sites (tertiary alicyclic amines) is 1. The highest BCUT2D eigenvalue weighted by molar-refractivity contribution is 6.03. The van der Waals surface area contributed by atoms with Gasteiger partial charge in [0, 0.05) is 56.6 Å². The Bertz CT molecular complexity index is 2140. The van der Waals surface area contributed by atoms with E-state index in [1.165, 1.54) is 5.57 Å². The number of carbonyl (C=O) groups is 2. The van der Waals surface area contributed by atoms with Crippen LogP contribution in [0.25, 0.3) is 39.1 Å². The van der Waals surface area contributed by atoms with E-state index in [0.717, 1.165) is 17.5 Å². The zero-order valence-corrected chi connectivity index (χ0v) is 29.0. The number of benzene rings is 2. The molecule has 8 rings (SSSR count). The van der Waals surface area contributed by atoms with E-state index in [1.807, 2.05) is 37.9 Å². The smallest absolute Gasteiger partial charge is 0.237 e. The number of rotatable bonds is 8. The number of nitrogens with zero attached hydrogens (tertiary/aromatic N) is 8. The van der Waals surface area contributed by atoms with E-state index in [2.05, 4.69) is 48.4 Å². The molecule has 12 nitrogen and oxygen atoms in total. The van der Waals surface area contributed by atoms with Gasteiger partial charge >= 0.3 is 0 Å². The van der Waals surface area contributed by atoms with Crippen molar-refractivity contribution >= 4 is 34.0 Å². The monoisotopic (exact) mass is 689 g/mol. The van der Waals surface area contributed by atoms with Crippen molar-refractivity contribution in [1.29, 1.82) is 0 Å². The Morgan fingerprint density at radius 2 is 1.78 bits per heavy atom. The van der Waals surface area contributed by atoms with Crippen molar-refractivity contribution in [3.63, 3.8) is 0 Å². The number of hydrogen-bond donors (Lipinski definition) is 1. The van der Waals surface area contributed by atoms with Crippen molar-refractivity contribution in [3.05, 3.63) is 78.5 Å². The summed E-state index contributed by atoms with van der Waals surface area (Å²) in [4.78, 5) is 41.6. The molecule has 3 aromatic heterocycles. The number of aromatic nitrogens is 6. The average Bonchev–Trinajstić information content (AvgIpc) is 3.93. The highest BCUT2D eigenvalue weighted by Gasteiger charge is 2.51. The number of carbonyl (C=O) groups excluding carboxylic acids is 2. The third-order valence-electron chi connectivity index (χ3n) is 10.3. The Morgan fingerprint density at radius 3 is 2.49 bits per heavy atom. The van der Waals surface area contributed by atoms with E-state index < -0.39 is 11.2 Å². The quantitative estimate of drug-likeness (QED) is 0.239. The summed E-state index contributed by atoms with van der Waals surface area (Å²) in [6.07, 6.45) is 7.43. The molecule has 2 fully saturated rings. The van der Waals surface area contributed by atoms with Gasteiger partial charge in [0.05, 0.1) is 34.7 Å². The Labute approximate surface area is 294 Å². The molecule has 0 saturated carbocycles. The minimum atomic E-state index is -0.636. The number of anilines is 1. The van der Waals surface area contributed by atoms with Crippen LogP contribution in [-0.2, 0) is 16.6 Å². The predicted molar refractivity (Wildman–Crippen MR) is 191 cm³/mol. The van der Waals surface area contributed by atoms with Crippen LogP contribution < -0.4 is 9.64 Å². The first-order valence-electron chi connectivity index (χ1n) is 17.4. The molecule has 1 N–H and O–H groups in total. The second kappa shape index (κ2) is 13.0. The van der Waals surface area contributed by atoms with Crippen LogP contribution >= 0.6 is 0 Å². The molecule has 0 aliphatic carbocycles. The van der Waals surface area contributed by atoms with Gasteiger partial charge in [0.15, 0.2) is 11.6 Å². The van der Waals surface area contributed by atoms with Gasteiger partial charge in [0.2, 0.25) is 17.7 Å². The number of hydrogen-bond acceptors (Lipinski definition) is 8. The molecule has 13 heteroatoms. The minimum Gasteiger partial charge on any atom is -0.475 e. The van der Waals surface area contributed by atoms with Crippen molar-refractivity contribution in [2.45, 2.75) is 39.2 Å². The summed E-state index contributed by atoms with van der Waals surface area (Å²) in [7, 11) is 1.85. The molecule has 2 saturated heterocycles. The molecule has 0 radical (unpaired) electrons. The van der Waals surface area contributed by atoms with E-state index >= 15 is 4.39 Å². The van der Waals surface area contributed by atoms with Gasteiger partial charge in [-0.1, -0.05) is 30.3 Å². The highest BCUT2D eigenvalue weighted by atomic mass is 19.1. The summed E-state index contributed by atoms with van der Waals surface area (Å²) in [6, 6.07) is 15.2. The number of ether oxygens (including phenoxy) is 1. The zero-order chi connectivity index (χ0) is 35.3. The molecular formula is C38H40FN9O3. The fraction of sp³-hybridized carbons (Fsp3) is 0.368. The first-order valence-corrected chi connectivity index (χ1v) is 17.4. The molecule has 51 heavy (non-hydrogen) atoms. The first kappa shape index (κ1) is 32.8. The number of halogens is 1. The van der Waals surface area contributed by atoms with Crippen LogP contribution in [0.4, 0.5) is 10.1 Å². The van der Waals surface area contributed by atoms with E-state index in [9.17, 15) is 9.59 Å². The van der Waals surface area contributed by atoms with Crippen molar-refractivity contribution in [1.82, 2.24) is 39.7 Å². The van der Waals surface area contributed by atoms with Gasteiger partial charge in [-0.05, 0) is 69.0 Å². The van der Waals surface area contributed by atoms with Crippen LogP contribution in [0.15, 0.2) is 67.1 Å². The molecule has 262 valence electrons. The third-order valence-corrected chi connectivity index (χ3v) is 10.3. The van der Waals surface area contributed by atoms with E-state index in [-0.39, 0.29) is 30.2 Å². The third kappa shape index (κ3) is 6.15. The van der Waals surface area contributed by atoms with Crippen LogP contribution in [0.2, 0.25) is 0 Å². The molecule has 2 aromatic carbocycles. The molecule has 3 aliphatic heterocycles.